The van der Waals surface area contributed by atoms with Crippen LogP contribution in [0.4, 0.5) is 0 Å². The van der Waals surface area contributed by atoms with E-state index in [1.165, 1.54) is 64.2 Å². The molecule has 5 heteroatoms. The molecule has 0 amide bonds. The molecule has 6 atom stereocenters. The topological polar surface area (TPSA) is 9.23 Å². The molecule has 2 saturated carbocycles. The maximum atomic E-state index is 6.26. The molecule has 2 aliphatic carbocycles. The molecule has 2 aliphatic rings. The minimum atomic E-state index is 0. The molecule has 0 aromatic heterocycles. The summed E-state index contributed by atoms with van der Waals surface area (Å²) in [7, 11) is 9.66. The Morgan fingerprint density at radius 3 is 1.31 bits per heavy atom. The third-order valence-electron chi connectivity index (χ3n) is 12.1. The minimum Gasteiger partial charge on any atom is -1.00 e. The normalized spacial score (nSPS) is 28.6. The number of likely N-dealkylation sites (N-methyl/N-ethyl adjacent to an activating group) is 2. The predicted octanol–water partition coefficient (Wildman–Crippen LogP) is 2.43. The Kier molecular flexibility index (Phi) is 16.5. The van der Waals surface area contributed by atoms with Crippen LogP contribution in [-0.2, 0) is 4.74 Å². The Morgan fingerprint density at radius 1 is 0.667 bits per heavy atom. The van der Waals surface area contributed by atoms with Crippen molar-refractivity contribution in [3.05, 3.63) is 0 Å². The summed E-state index contributed by atoms with van der Waals surface area (Å²) in [4.78, 5) is 0. The Bertz CT molecular complexity index is 622. The molecule has 236 valence electrons. The van der Waals surface area contributed by atoms with Gasteiger partial charge in [0.25, 0.3) is 0 Å². The SMILES string of the molecule is CC1CCCC(C)(C)C1CCC(C)[N+](C)(C)CCOCC[N+](C)(C)C(C)CCC1C(C)CCCC1(C)C.[Cl-].[Cl-]. The van der Waals surface area contributed by atoms with E-state index in [0.29, 0.717) is 22.9 Å². The molecule has 39 heavy (non-hydrogen) atoms. The molecule has 6 unspecified atom stereocenters. The lowest BCUT2D eigenvalue weighted by Gasteiger charge is -2.44. The molecule has 0 heterocycles. The first-order valence-corrected chi connectivity index (χ1v) is 16.2. The van der Waals surface area contributed by atoms with Gasteiger partial charge in [-0.1, -0.05) is 67.2 Å². The van der Waals surface area contributed by atoms with Gasteiger partial charge < -0.3 is 38.5 Å². The van der Waals surface area contributed by atoms with Gasteiger partial charge in [0.2, 0.25) is 0 Å². The molecule has 2 fully saturated rings. The van der Waals surface area contributed by atoms with E-state index in [-0.39, 0.29) is 24.8 Å². The average molecular weight is 594 g/mol. The van der Waals surface area contributed by atoms with Gasteiger partial charge in [0.05, 0.1) is 53.5 Å². The van der Waals surface area contributed by atoms with Crippen LogP contribution in [0, 0.1) is 34.5 Å². The van der Waals surface area contributed by atoms with Gasteiger partial charge in [-0.3, -0.25) is 0 Å². The Labute approximate surface area is 258 Å². The second-order valence-corrected chi connectivity index (χ2v) is 16.4. The number of halogens is 2. The minimum absolute atomic E-state index is 0. The lowest BCUT2D eigenvalue weighted by atomic mass is 9.62. The van der Waals surface area contributed by atoms with Crippen LogP contribution in [0.15, 0.2) is 0 Å². The van der Waals surface area contributed by atoms with Crippen molar-refractivity contribution in [1.82, 2.24) is 0 Å². The average Bonchev–Trinajstić information content (AvgIpc) is 2.76. The highest BCUT2D eigenvalue weighted by molar-refractivity contribution is 4.87. The monoisotopic (exact) mass is 592 g/mol. The number of hydrogen-bond acceptors (Lipinski definition) is 1. The molecule has 0 bridgehead atoms. The lowest BCUT2D eigenvalue weighted by molar-refractivity contribution is -0.917. The summed E-state index contributed by atoms with van der Waals surface area (Å²) in [6.07, 6.45) is 14.0. The van der Waals surface area contributed by atoms with Crippen molar-refractivity contribution in [3.63, 3.8) is 0 Å². The van der Waals surface area contributed by atoms with Gasteiger partial charge in [-0.05, 0) is 86.9 Å². The smallest absolute Gasteiger partial charge is 0.102 e. The lowest BCUT2D eigenvalue weighted by Crippen LogP contribution is -3.00. The molecule has 0 N–H and O–H groups in total. The van der Waals surface area contributed by atoms with Crippen LogP contribution in [0.3, 0.4) is 0 Å². The van der Waals surface area contributed by atoms with Crippen LogP contribution < -0.4 is 24.8 Å². The van der Waals surface area contributed by atoms with Gasteiger partial charge in [0, 0.05) is 0 Å². The molecule has 0 radical (unpaired) electrons. The first-order chi connectivity index (χ1) is 17.0. The van der Waals surface area contributed by atoms with Crippen molar-refractivity contribution in [2.75, 3.05) is 54.5 Å². The third-order valence-corrected chi connectivity index (χ3v) is 12.1. The first kappa shape index (κ1) is 39.5. The van der Waals surface area contributed by atoms with E-state index in [9.17, 15) is 0 Å². The summed E-state index contributed by atoms with van der Waals surface area (Å²) in [6, 6.07) is 1.37. The summed E-state index contributed by atoms with van der Waals surface area (Å²) in [5, 5.41) is 0. The van der Waals surface area contributed by atoms with E-state index in [4.69, 9.17) is 4.74 Å². The van der Waals surface area contributed by atoms with Gasteiger partial charge in [0.1, 0.15) is 13.1 Å². The van der Waals surface area contributed by atoms with Gasteiger partial charge in [-0.2, -0.15) is 0 Å². The zero-order valence-electron chi connectivity index (χ0n) is 28.4. The van der Waals surface area contributed by atoms with Crippen molar-refractivity contribution >= 4 is 0 Å². The summed E-state index contributed by atoms with van der Waals surface area (Å²) in [6.45, 7) is 24.0. The Balaban J connectivity index is 0.00000722. The van der Waals surface area contributed by atoms with Crippen LogP contribution in [0.5, 0.6) is 0 Å². The molecule has 0 aromatic carbocycles. The summed E-state index contributed by atoms with van der Waals surface area (Å²) in [5.41, 5.74) is 1.04. The Hall–Kier alpha value is 0.460. The summed E-state index contributed by atoms with van der Waals surface area (Å²) in [5.74, 6) is 3.54. The highest BCUT2D eigenvalue weighted by Gasteiger charge is 2.39. The van der Waals surface area contributed by atoms with Gasteiger partial charge >= 0.3 is 0 Å². The highest BCUT2D eigenvalue weighted by Crippen LogP contribution is 2.47. The highest BCUT2D eigenvalue weighted by atomic mass is 35.5. The van der Waals surface area contributed by atoms with E-state index in [1.807, 2.05) is 0 Å². The van der Waals surface area contributed by atoms with Crippen molar-refractivity contribution in [1.29, 1.82) is 0 Å². The number of hydrogen-bond donors (Lipinski definition) is 0. The number of nitrogens with zero attached hydrogens (tertiary/aromatic N) is 2. The quantitative estimate of drug-likeness (QED) is 0.222. The fraction of sp³-hybridized carbons (Fsp3) is 1.00. The molecular weight excluding hydrogens is 523 g/mol. The Morgan fingerprint density at radius 2 is 1.00 bits per heavy atom. The van der Waals surface area contributed by atoms with Crippen molar-refractivity contribution < 1.29 is 38.5 Å². The van der Waals surface area contributed by atoms with E-state index >= 15 is 0 Å². The molecule has 3 nitrogen and oxygen atoms in total. The maximum absolute atomic E-state index is 6.26. The molecular formula is C34H70Cl2N2O. The van der Waals surface area contributed by atoms with E-state index < -0.39 is 0 Å². The van der Waals surface area contributed by atoms with E-state index in [1.54, 1.807) is 0 Å². The molecule has 0 saturated heterocycles. The van der Waals surface area contributed by atoms with Crippen molar-refractivity contribution in [3.8, 4) is 0 Å². The zero-order chi connectivity index (χ0) is 28.1. The summed E-state index contributed by atoms with van der Waals surface area (Å²) >= 11 is 0. The molecule has 0 spiro atoms. The summed E-state index contributed by atoms with van der Waals surface area (Å²) < 4.78 is 8.41. The largest absolute Gasteiger partial charge is 1.00 e. The fourth-order valence-electron chi connectivity index (χ4n) is 8.11. The van der Waals surface area contributed by atoms with Crippen LogP contribution in [0.25, 0.3) is 0 Å². The second kappa shape index (κ2) is 16.3. The van der Waals surface area contributed by atoms with Crippen LogP contribution in [-0.4, -0.2) is 75.5 Å². The van der Waals surface area contributed by atoms with E-state index in [0.717, 1.165) is 58.9 Å². The van der Waals surface area contributed by atoms with Crippen LogP contribution >= 0.6 is 0 Å². The van der Waals surface area contributed by atoms with Crippen molar-refractivity contribution in [2.24, 2.45) is 34.5 Å². The number of rotatable bonds is 14. The van der Waals surface area contributed by atoms with Crippen molar-refractivity contribution in [2.45, 2.75) is 132 Å². The van der Waals surface area contributed by atoms with Crippen LogP contribution in [0.2, 0.25) is 0 Å². The maximum Gasteiger partial charge on any atom is 0.102 e. The fourth-order valence-corrected chi connectivity index (χ4v) is 8.11. The zero-order valence-corrected chi connectivity index (χ0v) is 29.9. The van der Waals surface area contributed by atoms with Gasteiger partial charge in [-0.25, -0.2) is 0 Å². The molecule has 2 rings (SSSR count). The number of ether oxygens (including phenoxy) is 1. The molecule has 0 aliphatic heterocycles. The predicted molar refractivity (Wildman–Crippen MR) is 163 cm³/mol. The number of quaternary nitrogens is 2. The van der Waals surface area contributed by atoms with Gasteiger partial charge in [0.15, 0.2) is 0 Å². The molecule has 0 aromatic rings. The van der Waals surface area contributed by atoms with Crippen LogP contribution in [0.1, 0.15) is 120 Å². The van der Waals surface area contributed by atoms with E-state index in [2.05, 4.69) is 83.6 Å². The first-order valence-electron chi connectivity index (χ1n) is 16.2. The third kappa shape index (κ3) is 11.6. The standard InChI is InChI=1S/C34H70N2O.2ClH/c1-27-15-13-21-33(5,6)31(27)19-17-29(3)35(9,10)23-25-37-26-24-36(11,12)30(4)18-20-32-28(2)16-14-22-34(32,7)8;;/h27-32H,13-26H2,1-12H3;2*1H/q+2;;/p-2. The second-order valence-electron chi connectivity index (χ2n) is 16.4. The van der Waals surface area contributed by atoms with Gasteiger partial charge in [-0.15, -0.1) is 0 Å².